The van der Waals surface area contributed by atoms with Crippen LogP contribution in [0.15, 0.2) is 30.3 Å². The van der Waals surface area contributed by atoms with Gasteiger partial charge in [-0.2, -0.15) is 0 Å². The molecular weight excluding hydrogens is 380 g/mol. The number of esters is 1. The summed E-state index contributed by atoms with van der Waals surface area (Å²) in [5, 5.41) is 10.7. The third-order valence-corrected chi connectivity index (χ3v) is 11.9. The van der Waals surface area contributed by atoms with E-state index < -0.39 is 8.32 Å². The van der Waals surface area contributed by atoms with Crippen LogP contribution in [0.25, 0.3) is 0 Å². The number of carbonyl (C=O) groups is 1. The summed E-state index contributed by atoms with van der Waals surface area (Å²) in [5.74, 6) is 0.226. The number of benzene rings is 1. The number of aryl methyl sites for hydroxylation is 1. The molecule has 0 radical (unpaired) electrons. The fraction of sp³-hybridized carbons (Fsp3) is 0.708. The van der Waals surface area contributed by atoms with Crippen LogP contribution in [0.3, 0.4) is 0 Å². The quantitative estimate of drug-likeness (QED) is 0.471. The number of fused-ring (bicyclic) bond motifs is 1. The average molecular weight is 419 g/mol. The number of aliphatic hydroxyl groups is 1. The smallest absolute Gasteiger partial charge is 0.306 e. The van der Waals surface area contributed by atoms with E-state index in [1.54, 1.807) is 0 Å². The molecule has 162 valence electrons. The molecule has 2 aliphatic rings. The van der Waals surface area contributed by atoms with Crippen LogP contribution in [0.4, 0.5) is 0 Å². The summed E-state index contributed by atoms with van der Waals surface area (Å²) in [5.41, 5.74) is 1.34. The Morgan fingerprint density at radius 1 is 1.21 bits per heavy atom. The third-order valence-electron chi connectivity index (χ3n) is 7.37. The number of ether oxygens (including phenoxy) is 1. The zero-order valence-corrected chi connectivity index (χ0v) is 19.7. The molecule has 0 spiro atoms. The number of hydrogen-bond donors (Lipinski definition) is 1. The van der Waals surface area contributed by atoms with Crippen molar-refractivity contribution in [1.29, 1.82) is 0 Å². The molecule has 4 nitrogen and oxygen atoms in total. The minimum absolute atomic E-state index is 0.0772. The van der Waals surface area contributed by atoms with E-state index in [0.717, 1.165) is 25.7 Å². The highest BCUT2D eigenvalue weighted by Gasteiger charge is 2.49. The summed E-state index contributed by atoms with van der Waals surface area (Å²) in [6.45, 7) is 11.5. The lowest BCUT2D eigenvalue weighted by Crippen LogP contribution is -2.44. The molecule has 29 heavy (non-hydrogen) atoms. The molecule has 1 N–H and O–H groups in total. The van der Waals surface area contributed by atoms with Gasteiger partial charge < -0.3 is 14.3 Å². The molecule has 1 saturated carbocycles. The van der Waals surface area contributed by atoms with E-state index >= 15 is 0 Å². The Labute approximate surface area is 177 Å². The maximum absolute atomic E-state index is 11.7. The van der Waals surface area contributed by atoms with Gasteiger partial charge in [-0.25, -0.2) is 0 Å². The molecule has 2 fully saturated rings. The zero-order valence-electron chi connectivity index (χ0n) is 18.7. The number of rotatable bonds is 8. The Bertz CT molecular complexity index is 682. The van der Waals surface area contributed by atoms with Crippen molar-refractivity contribution in [2.75, 3.05) is 0 Å². The first-order chi connectivity index (χ1) is 13.6. The predicted molar refractivity (Wildman–Crippen MR) is 118 cm³/mol. The van der Waals surface area contributed by atoms with Gasteiger partial charge in [-0.05, 0) is 55.3 Å². The first kappa shape index (κ1) is 22.5. The molecule has 0 aromatic heterocycles. The molecule has 0 unspecified atom stereocenters. The van der Waals surface area contributed by atoms with E-state index in [-0.39, 0.29) is 41.2 Å². The van der Waals surface area contributed by atoms with E-state index in [0.29, 0.717) is 12.8 Å². The van der Waals surface area contributed by atoms with E-state index in [1.807, 2.05) is 0 Å². The Morgan fingerprint density at radius 2 is 1.90 bits per heavy atom. The molecule has 3 rings (SSSR count). The van der Waals surface area contributed by atoms with Crippen LogP contribution in [-0.2, 0) is 20.4 Å². The van der Waals surface area contributed by atoms with E-state index in [2.05, 4.69) is 64.2 Å². The molecule has 5 atom stereocenters. The minimum atomic E-state index is -1.88. The van der Waals surface area contributed by atoms with Gasteiger partial charge in [0.15, 0.2) is 8.32 Å². The molecule has 0 bridgehead atoms. The number of aliphatic hydroxyl groups excluding tert-OH is 1. The predicted octanol–water partition coefficient (Wildman–Crippen LogP) is 5.10. The summed E-state index contributed by atoms with van der Waals surface area (Å²) < 4.78 is 12.2. The van der Waals surface area contributed by atoms with Crippen LogP contribution in [0, 0.1) is 11.8 Å². The topological polar surface area (TPSA) is 55.8 Å². The van der Waals surface area contributed by atoms with Gasteiger partial charge in [0, 0.05) is 18.4 Å². The first-order valence-electron chi connectivity index (χ1n) is 11.2. The van der Waals surface area contributed by atoms with Gasteiger partial charge in [0.05, 0.1) is 12.5 Å². The molecule has 1 aliphatic carbocycles. The van der Waals surface area contributed by atoms with Gasteiger partial charge in [-0.15, -0.1) is 0 Å². The maximum Gasteiger partial charge on any atom is 0.306 e. The SMILES string of the molecule is CC(C)(C)[Si](C)(C)O[C@@H](CCc1ccccc1)CC[C@@H]1[C@H]2CC(=O)O[C@H]2C[C@H]1O. The second kappa shape index (κ2) is 8.91. The highest BCUT2D eigenvalue weighted by molar-refractivity contribution is 6.74. The highest BCUT2D eigenvalue weighted by atomic mass is 28.4. The Balaban J connectivity index is 1.64. The van der Waals surface area contributed by atoms with Crippen molar-refractivity contribution in [3.63, 3.8) is 0 Å². The van der Waals surface area contributed by atoms with Gasteiger partial charge in [-0.1, -0.05) is 51.1 Å². The Hall–Kier alpha value is -1.17. The Kier molecular flexibility index (Phi) is 6.91. The molecular formula is C24H38O4Si. The van der Waals surface area contributed by atoms with Gasteiger partial charge in [-0.3, -0.25) is 4.79 Å². The lowest BCUT2D eigenvalue weighted by Gasteiger charge is -2.40. The van der Waals surface area contributed by atoms with Crippen LogP contribution in [0.2, 0.25) is 18.1 Å². The van der Waals surface area contributed by atoms with Gasteiger partial charge in [0.25, 0.3) is 0 Å². The molecule has 1 aliphatic heterocycles. The van der Waals surface area contributed by atoms with Crippen molar-refractivity contribution in [1.82, 2.24) is 0 Å². The summed E-state index contributed by atoms with van der Waals surface area (Å²) in [6, 6.07) is 10.6. The van der Waals surface area contributed by atoms with Gasteiger partial charge in [0.1, 0.15) is 6.10 Å². The molecule has 1 saturated heterocycles. The largest absolute Gasteiger partial charge is 0.462 e. The third kappa shape index (κ3) is 5.50. The second-order valence-corrected chi connectivity index (χ2v) is 15.2. The van der Waals surface area contributed by atoms with Gasteiger partial charge in [0.2, 0.25) is 0 Å². The first-order valence-corrected chi connectivity index (χ1v) is 14.1. The standard InChI is InChI=1S/C24H38O4Si/c1-24(2,3)29(4,5)28-18(12-11-17-9-7-6-8-10-17)13-14-19-20-15-23(26)27-22(20)16-21(19)25/h6-10,18-22,25H,11-16H2,1-5H3/t18-,19+,20+,21+,22-/m0/s1. The summed E-state index contributed by atoms with van der Waals surface area (Å²) >= 11 is 0. The normalized spacial score (nSPS) is 28.3. The van der Waals surface area contributed by atoms with Crippen LogP contribution >= 0.6 is 0 Å². The van der Waals surface area contributed by atoms with E-state index in [9.17, 15) is 9.90 Å². The molecule has 0 amide bonds. The van der Waals surface area contributed by atoms with Crippen molar-refractivity contribution >= 4 is 14.3 Å². The van der Waals surface area contributed by atoms with Crippen LogP contribution < -0.4 is 0 Å². The van der Waals surface area contributed by atoms with Crippen LogP contribution in [0.5, 0.6) is 0 Å². The fourth-order valence-electron chi connectivity index (χ4n) is 4.59. The molecule has 1 aromatic rings. The lowest BCUT2D eigenvalue weighted by atomic mass is 9.87. The van der Waals surface area contributed by atoms with Crippen molar-refractivity contribution in [2.45, 2.75) is 95.7 Å². The van der Waals surface area contributed by atoms with Crippen molar-refractivity contribution in [3.05, 3.63) is 35.9 Å². The molecule has 1 aromatic carbocycles. The van der Waals surface area contributed by atoms with Crippen molar-refractivity contribution in [3.8, 4) is 0 Å². The molecule has 5 heteroatoms. The number of carbonyl (C=O) groups excluding carboxylic acids is 1. The number of hydrogen-bond acceptors (Lipinski definition) is 4. The minimum Gasteiger partial charge on any atom is -0.462 e. The van der Waals surface area contributed by atoms with Crippen LogP contribution in [0.1, 0.15) is 58.4 Å². The maximum atomic E-state index is 11.7. The van der Waals surface area contributed by atoms with Crippen molar-refractivity contribution in [2.24, 2.45) is 11.8 Å². The zero-order chi connectivity index (χ0) is 21.2. The fourth-order valence-corrected chi connectivity index (χ4v) is 6.01. The highest BCUT2D eigenvalue weighted by Crippen LogP contribution is 2.44. The van der Waals surface area contributed by atoms with Crippen molar-refractivity contribution < 1.29 is 19.1 Å². The Morgan fingerprint density at radius 3 is 2.55 bits per heavy atom. The summed E-state index contributed by atoms with van der Waals surface area (Å²) in [7, 11) is -1.88. The average Bonchev–Trinajstić information content (AvgIpc) is 3.12. The monoisotopic (exact) mass is 418 g/mol. The van der Waals surface area contributed by atoms with Gasteiger partial charge >= 0.3 is 5.97 Å². The summed E-state index contributed by atoms with van der Waals surface area (Å²) in [6.07, 6.45) is 4.62. The molecule has 1 heterocycles. The van der Waals surface area contributed by atoms with Crippen LogP contribution in [-0.4, -0.2) is 37.7 Å². The second-order valence-electron chi connectivity index (χ2n) is 10.5. The van der Waals surface area contributed by atoms with E-state index in [4.69, 9.17) is 9.16 Å². The van der Waals surface area contributed by atoms with E-state index in [1.165, 1.54) is 5.56 Å². The lowest BCUT2D eigenvalue weighted by molar-refractivity contribution is -0.141. The summed E-state index contributed by atoms with van der Waals surface area (Å²) in [4.78, 5) is 11.7.